The number of nitriles is 2. The fraction of sp³-hybridized carbons (Fsp3) is 0.556. The molecule has 2 unspecified atom stereocenters. The van der Waals surface area contributed by atoms with Gasteiger partial charge in [0.25, 0.3) is 0 Å². The third-order valence-corrected chi connectivity index (χ3v) is 8.65. The van der Waals surface area contributed by atoms with Crippen LogP contribution in [0.3, 0.4) is 0 Å². The van der Waals surface area contributed by atoms with Gasteiger partial charge in [-0.15, -0.1) is 0 Å². The van der Waals surface area contributed by atoms with Gasteiger partial charge in [0, 0.05) is 6.07 Å². The lowest BCUT2D eigenvalue weighted by molar-refractivity contribution is -0.140. The van der Waals surface area contributed by atoms with Crippen molar-refractivity contribution in [1.82, 2.24) is 0 Å². The minimum atomic E-state index is -0.356. The number of thioether (sulfide) groups is 2. The monoisotopic (exact) mass is 530 g/mol. The minimum Gasteiger partial charge on any atom is -0.493 e. The Hall–Kier alpha value is -2.62. The molecule has 1 aliphatic rings. The van der Waals surface area contributed by atoms with Crippen LogP contribution in [0.4, 0.5) is 0 Å². The van der Waals surface area contributed by atoms with E-state index in [0.29, 0.717) is 26.9 Å². The number of benzene rings is 1. The SMILES string of the molecule is CCCCC(CC)C(=O)Oc1cc(OC)c(OC(=O)C(CC)CCCC)c2c1SC(=C(C#N)C#N)S2. The summed E-state index contributed by atoms with van der Waals surface area (Å²) in [7, 11) is 1.45. The molecule has 1 heterocycles. The van der Waals surface area contributed by atoms with Gasteiger partial charge in [-0.25, -0.2) is 0 Å². The summed E-state index contributed by atoms with van der Waals surface area (Å²) in [5.41, 5.74) is -0.0570. The third-order valence-electron chi connectivity index (χ3n) is 6.04. The molecule has 2 atom stereocenters. The van der Waals surface area contributed by atoms with E-state index in [1.165, 1.54) is 7.11 Å². The molecule has 0 amide bonds. The molecule has 2 rings (SSSR count). The number of rotatable bonds is 13. The van der Waals surface area contributed by atoms with Crippen LogP contribution in [0.15, 0.2) is 25.7 Å². The highest BCUT2D eigenvalue weighted by Crippen LogP contribution is 2.61. The van der Waals surface area contributed by atoms with Crippen molar-refractivity contribution in [1.29, 1.82) is 10.5 Å². The van der Waals surface area contributed by atoms with Crippen molar-refractivity contribution >= 4 is 35.5 Å². The summed E-state index contributed by atoms with van der Waals surface area (Å²) in [5.74, 6) is -0.456. The van der Waals surface area contributed by atoms with Gasteiger partial charge in [0.2, 0.25) is 0 Å². The number of hydrogen-bond donors (Lipinski definition) is 0. The lowest BCUT2D eigenvalue weighted by Gasteiger charge is -2.19. The maximum Gasteiger partial charge on any atom is 0.314 e. The Bertz CT molecular complexity index is 1060. The van der Waals surface area contributed by atoms with Crippen molar-refractivity contribution in [3.63, 3.8) is 0 Å². The second-order valence-corrected chi connectivity index (χ2v) is 10.8. The van der Waals surface area contributed by atoms with E-state index in [0.717, 1.165) is 62.0 Å². The molecule has 0 radical (unpaired) electrons. The molecule has 7 nitrogen and oxygen atoms in total. The summed E-state index contributed by atoms with van der Waals surface area (Å²) in [6.07, 6.45) is 6.56. The molecule has 0 spiro atoms. The summed E-state index contributed by atoms with van der Waals surface area (Å²) >= 11 is 2.31. The molecule has 0 aliphatic carbocycles. The van der Waals surface area contributed by atoms with Crippen molar-refractivity contribution in [2.75, 3.05) is 7.11 Å². The lowest BCUT2D eigenvalue weighted by atomic mass is 10.00. The van der Waals surface area contributed by atoms with E-state index in [1.807, 2.05) is 26.0 Å². The number of hydrogen-bond acceptors (Lipinski definition) is 9. The van der Waals surface area contributed by atoms with Crippen LogP contribution in [-0.4, -0.2) is 19.0 Å². The Morgan fingerprint density at radius 1 is 0.861 bits per heavy atom. The molecule has 0 aromatic heterocycles. The topological polar surface area (TPSA) is 109 Å². The fourth-order valence-corrected chi connectivity index (χ4v) is 6.26. The second kappa shape index (κ2) is 14.8. The molecule has 0 saturated heterocycles. The highest BCUT2D eigenvalue weighted by molar-refractivity contribution is 8.24. The highest BCUT2D eigenvalue weighted by atomic mass is 32.2. The quantitative estimate of drug-likeness (QED) is 0.146. The predicted octanol–water partition coefficient (Wildman–Crippen LogP) is 7.40. The van der Waals surface area contributed by atoms with E-state index in [1.54, 1.807) is 6.07 Å². The van der Waals surface area contributed by atoms with Crippen molar-refractivity contribution < 1.29 is 23.8 Å². The number of allylic oxidation sites excluding steroid dienone is 1. The summed E-state index contributed by atoms with van der Waals surface area (Å²) in [5, 5.41) is 18.8. The molecular formula is C27H34N2O5S2. The van der Waals surface area contributed by atoms with Crippen LogP contribution < -0.4 is 14.2 Å². The summed E-state index contributed by atoms with van der Waals surface area (Å²) in [6, 6.07) is 5.37. The average Bonchev–Trinajstić information content (AvgIpc) is 3.32. The number of unbranched alkanes of at least 4 members (excludes halogenated alkanes) is 2. The van der Waals surface area contributed by atoms with Gasteiger partial charge in [0.1, 0.15) is 23.5 Å². The van der Waals surface area contributed by atoms with Gasteiger partial charge in [-0.2, -0.15) is 10.5 Å². The Labute approximate surface area is 222 Å². The smallest absolute Gasteiger partial charge is 0.314 e. The molecule has 1 aliphatic heterocycles. The Morgan fingerprint density at radius 3 is 1.86 bits per heavy atom. The van der Waals surface area contributed by atoms with Crippen LogP contribution in [0.1, 0.15) is 79.1 Å². The van der Waals surface area contributed by atoms with E-state index < -0.39 is 0 Å². The summed E-state index contributed by atoms with van der Waals surface area (Å²) < 4.78 is 17.7. The number of ether oxygens (including phenoxy) is 3. The maximum absolute atomic E-state index is 13.0. The van der Waals surface area contributed by atoms with Crippen LogP contribution in [0.2, 0.25) is 0 Å². The molecule has 9 heteroatoms. The molecule has 194 valence electrons. The van der Waals surface area contributed by atoms with E-state index >= 15 is 0 Å². The van der Waals surface area contributed by atoms with E-state index in [2.05, 4.69) is 13.8 Å². The standard InChI is InChI=1S/C27H34N2O5S2/c1-6-10-12-17(8-3)25(30)33-21-14-20(32-5)22(34-26(31)18(9-4)13-11-7-2)24-23(21)35-27(36-24)19(15-28)16-29/h14,17-18H,6-13H2,1-5H3. The zero-order valence-corrected chi connectivity index (χ0v) is 23.3. The number of nitrogens with zero attached hydrogens (tertiary/aromatic N) is 2. The molecule has 0 N–H and O–H groups in total. The zero-order valence-electron chi connectivity index (χ0n) is 21.6. The molecular weight excluding hydrogens is 496 g/mol. The van der Waals surface area contributed by atoms with Gasteiger partial charge < -0.3 is 14.2 Å². The van der Waals surface area contributed by atoms with Gasteiger partial charge in [-0.3, -0.25) is 9.59 Å². The number of esters is 2. The molecule has 1 aromatic carbocycles. The predicted molar refractivity (Wildman–Crippen MR) is 141 cm³/mol. The third kappa shape index (κ3) is 7.21. The van der Waals surface area contributed by atoms with Crippen molar-refractivity contribution in [2.24, 2.45) is 11.8 Å². The number of fused-ring (bicyclic) bond motifs is 1. The molecule has 36 heavy (non-hydrogen) atoms. The summed E-state index contributed by atoms with van der Waals surface area (Å²) in [6.45, 7) is 8.05. The first kappa shape index (κ1) is 29.6. The van der Waals surface area contributed by atoms with E-state index in [9.17, 15) is 20.1 Å². The van der Waals surface area contributed by atoms with Crippen LogP contribution in [-0.2, 0) is 9.59 Å². The largest absolute Gasteiger partial charge is 0.493 e. The molecule has 1 aromatic rings. The molecule has 0 bridgehead atoms. The first-order chi connectivity index (χ1) is 17.4. The number of carbonyl (C=O) groups excluding carboxylic acids is 2. The van der Waals surface area contributed by atoms with Crippen LogP contribution in [0.5, 0.6) is 17.2 Å². The van der Waals surface area contributed by atoms with E-state index in [4.69, 9.17) is 14.2 Å². The Balaban J connectivity index is 2.54. The first-order valence-corrected chi connectivity index (χ1v) is 14.1. The van der Waals surface area contributed by atoms with Crippen molar-refractivity contribution in [3.8, 4) is 29.4 Å². The van der Waals surface area contributed by atoms with Gasteiger partial charge >= 0.3 is 11.9 Å². The molecule has 0 saturated carbocycles. The molecule has 0 fully saturated rings. The van der Waals surface area contributed by atoms with E-state index in [-0.39, 0.29) is 46.6 Å². The van der Waals surface area contributed by atoms with Crippen LogP contribution >= 0.6 is 23.5 Å². The van der Waals surface area contributed by atoms with Gasteiger partial charge in [-0.05, 0) is 25.7 Å². The number of methoxy groups -OCH3 is 1. The normalized spacial score (nSPS) is 13.7. The van der Waals surface area contributed by atoms with Crippen molar-refractivity contribution in [2.45, 2.75) is 88.9 Å². The summed E-state index contributed by atoms with van der Waals surface area (Å²) in [4.78, 5) is 27.1. The number of carbonyl (C=O) groups is 2. The Kier molecular flexibility index (Phi) is 12.2. The first-order valence-electron chi connectivity index (χ1n) is 12.5. The zero-order chi connectivity index (χ0) is 26.7. The second-order valence-electron chi connectivity index (χ2n) is 8.49. The highest BCUT2D eigenvalue weighted by Gasteiger charge is 2.34. The Morgan fingerprint density at radius 2 is 1.39 bits per heavy atom. The lowest BCUT2D eigenvalue weighted by Crippen LogP contribution is -2.21. The fourth-order valence-electron chi connectivity index (χ4n) is 3.77. The van der Waals surface area contributed by atoms with Crippen LogP contribution in [0, 0.1) is 34.5 Å². The van der Waals surface area contributed by atoms with Crippen molar-refractivity contribution in [3.05, 3.63) is 15.9 Å². The minimum absolute atomic E-state index is 0.0570. The average molecular weight is 531 g/mol. The van der Waals surface area contributed by atoms with Gasteiger partial charge in [0.05, 0.1) is 33.0 Å². The van der Waals surface area contributed by atoms with Gasteiger partial charge in [-0.1, -0.05) is 76.9 Å². The maximum atomic E-state index is 13.0. The van der Waals surface area contributed by atoms with Gasteiger partial charge in [0.15, 0.2) is 11.5 Å². The van der Waals surface area contributed by atoms with Crippen LogP contribution in [0.25, 0.3) is 0 Å².